The van der Waals surface area contributed by atoms with Gasteiger partial charge in [0.05, 0.1) is 0 Å². The Labute approximate surface area is 110 Å². The van der Waals surface area contributed by atoms with Gasteiger partial charge in [-0.25, -0.2) is 0 Å². The molecule has 0 saturated carbocycles. The predicted octanol–water partition coefficient (Wildman–Crippen LogP) is 5.48. The molecule has 0 aromatic carbocycles. The molecule has 0 aliphatic heterocycles. The maximum atomic E-state index is 2.57. The van der Waals surface area contributed by atoms with Crippen molar-refractivity contribution in [1.82, 2.24) is 0 Å². The summed E-state index contributed by atoms with van der Waals surface area (Å²) in [7, 11) is 0. The van der Waals surface area contributed by atoms with E-state index in [0.717, 1.165) is 0 Å². The van der Waals surface area contributed by atoms with Gasteiger partial charge < -0.3 is 0 Å². The van der Waals surface area contributed by atoms with E-state index in [4.69, 9.17) is 0 Å². The monoisotopic (exact) mass is 264 g/mol. The molecule has 0 aromatic rings. The third-order valence-corrected chi connectivity index (χ3v) is 10.8. The Morgan fingerprint density at radius 2 is 1.12 bits per heavy atom. The molecule has 0 N–H and O–H groups in total. The second-order valence-electron chi connectivity index (χ2n) is 6.12. The third-order valence-electron chi connectivity index (χ3n) is 4.32. The molecule has 0 nitrogen and oxygen atoms in total. The number of hydrogen-bond acceptors (Lipinski definition) is 0. The van der Waals surface area contributed by atoms with Crippen LogP contribution in [0.2, 0.25) is 10.5 Å². The summed E-state index contributed by atoms with van der Waals surface area (Å²) in [5.41, 5.74) is 6.39. The molecule has 0 amide bonds. The summed E-state index contributed by atoms with van der Waals surface area (Å²) < 4.78 is 3.52. The Bertz CT molecular complexity index is 438. The summed E-state index contributed by atoms with van der Waals surface area (Å²) in [6.45, 7) is 9.28. The fourth-order valence-corrected chi connectivity index (χ4v) is 11.3. The Morgan fingerprint density at radius 3 is 1.35 bits per heavy atom. The Morgan fingerprint density at radius 1 is 0.765 bits per heavy atom. The van der Waals surface area contributed by atoms with Crippen molar-refractivity contribution in [2.45, 2.75) is 51.0 Å². The first-order valence-corrected chi connectivity index (χ1v) is 11.3. The van der Waals surface area contributed by atoms with Crippen molar-refractivity contribution >= 4 is 0 Å². The van der Waals surface area contributed by atoms with Gasteiger partial charge in [0.1, 0.15) is 0 Å². The number of rotatable bonds is 2. The first-order valence-electron chi connectivity index (χ1n) is 6.60. The van der Waals surface area contributed by atoms with Crippen LogP contribution in [0.3, 0.4) is 0 Å². The Balaban J connectivity index is 2.52. The van der Waals surface area contributed by atoms with Crippen LogP contribution in [0, 0.1) is 0 Å². The molecule has 0 unspecified atom stereocenters. The van der Waals surface area contributed by atoms with E-state index in [1.165, 1.54) is 12.8 Å². The molecule has 2 aliphatic carbocycles. The van der Waals surface area contributed by atoms with Crippen molar-refractivity contribution < 1.29 is 16.6 Å². The summed E-state index contributed by atoms with van der Waals surface area (Å²) in [4.78, 5) is 0. The van der Waals surface area contributed by atoms with Gasteiger partial charge in [0.25, 0.3) is 0 Å². The summed E-state index contributed by atoms with van der Waals surface area (Å²) in [5.74, 6) is 0. The zero-order valence-corrected chi connectivity index (χ0v) is 13.6. The standard InChI is InChI=1S/2C7H9.2CH3.Ti/c2*1-6-3-4-7(2)5-6;;;/h2*3H,4H2,1-2H3;2*1H3;. The van der Waals surface area contributed by atoms with Crippen LogP contribution in [-0.2, 0) is 16.6 Å². The molecule has 2 rings (SSSR count). The van der Waals surface area contributed by atoms with Crippen LogP contribution in [0.4, 0.5) is 0 Å². The molecule has 0 bridgehead atoms. The van der Waals surface area contributed by atoms with Crippen molar-refractivity contribution in [3.05, 3.63) is 42.2 Å². The predicted molar refractivity (Wildman–Crippen MR) is 73.9 cm³/mol. The molecular weight excluding hydrogens is 240 g/mol. The maximum absolute atomic E-state index is 2.57. The van der Waals surface area contributed by atoms with Gasteiger partial charge in [-0.2, -0.15) is 0 Å². The first kappa shape index (κ1) is 13.1. The average Bonchev–Trinajstić information content (AvgIpc) is 2.71. The number of allylic oxidation sites excluding steroid dienone is 8. The van der Waals surface area contributed by atoms with Gasteiger partial charge in [0, 0.05) is 0 Å². The van der Waals surface area contributed by atoms with Crippen LogP contribution < -0.4 is 0 Å². The van der Waals surface area contributed by atoms with Gasteiger partial charge >= 0.3 is 110 Å². The van der Waals surface area contributed by atoms with Gasteiger partial charge in [-0.1, -0.05) is 0 Å². The normalized spacial score (nSPS) is 21.3. The van der Waals surface area contributed by atoms with Gasteiger partial charge in [-0.05, 0) is 0 Å². The SMILES string of the molecule is CC1=CCC(C)=[C]1[Ti]([CH3])([CH3])[C]1=C(C)CC=C1C. The molecule has 0 aromatic heterocycles. The van der Waals surface area contributed by atoms with Crippen LogP contribution in [0.25, 0.3) is 0 Å². The van der Waals surface area contributed by atoms with E-state index < -0.39 is 16.6 Å². The topological polar surface area (TPSA) is 0 Å². The average molecular weight is 264 g/mol. The summed E-state index contributed by atoms with van der Waals surface area (Å²) >= 11 is -2.04. The van der Waals surface area contributed by atoms with Crippen LogP contribution >= 0.6 is 0 Å². The molecular formula is C16H24Ti. The van der Waals surface area contributed by atoms with Crippen molar-refractivity contribution in [2.75, 3.05) is 0 Å². The molecule has 92 valence electrons. The Kier molecular flexibility index (Phi) is 3.40. The summed E-state index contributed by atoms with van der Waals surface area (Å²) in [5, 5.41) is 5.14. The van der Waals surface area contributed by atoms with Crippen LogP contribution in [0.15, 0.2) is 42.2 Å². The van der Waals surface area contributed by atoms with Crippen LogP contribution in [-0.4, -0.2) is 0 Å². The molecule has 0 heterocycles. The summed E-state index contributed by atoms with van der Waals surface area (Å²) in [6.07, 6.45) is 7.21. The van der Waals surface area contributed by atoms with Gasteiger partial charge in [0.2, 0.25) is 0 Å². The van der Waals surface area contributed by atoms with Crippen molar-refractivity contribution in [2.24, 2.45) is 0 Å². The van der Waals surface area contributed by atoms with E-state index in [-0.39, 0.29) is 0 Å². The van der Waals surface area contributed by atoms with Crippen molar-refractivity contribution in [3.8, 4) is 0 Å². The molecule has 0 radical (unpaired) electrons. The van der Waals surface area contributed by atoms with Crippen LogP contribution in [0.5, 0.6) is 0 Å². The number of hydrogen-bond donors (Lipinski definition) is 0. The van der Waals surface area contributed by atoms with E-state index >= 15 is 0 Å². The Hall–Kier alpha value is -0.326. The quantitative estimate of drug-likeness (QED) is 0.579. The first-order chi connectivity index (χ1) is 7.85. The third kappa shape index (κ3) is 2.06. The zero-order chi connectivity index (χ0) is 12.8. The minimum atomic E-state index is -2.04. The minimum absolute atomic E-state index is 1.19. The fourth-order valence-electron chi connectivity index (χ4n) is 3.87. The molecule has 0 atom stereocenters. The molecule has 2 aliphatic rings. The van der Waals surface area contributed by atoms with E-state index in [1.54, 1.807) is 30.0 Å². The van der Waals surface area contributed by atoms with Gasteiger partial charge in [-0.3, -0.25) is 0 Å². The van der Waals surface area contributed by atoms with E-state index in [9.17, 15) is 0 Å². The van der Waals surface area contributed by atoms with E-state index in [0.29, 0.717) is 0 Å². The van der Waals surface area contributed by atoms with Gasteiger partial charge in [-0.15, -0.1) is 0 Å². The van der Waals surface area contributed by atoms with Crippen molar-refractivity contribution in [1.29, 1.82) is 0 Å². The van der Waals surface area contributed by atoms with E-state index in [1.807, 2.05) is 0 Å². The van der Waals surface area contributed by atoms with E-state index in [2.05, 4.69) is 50.3 Å². The molecule has 0 fully saturated rings. The second kappa shape index (κ2) is 4.41. The fraction of sp³-hybridized carbons (Fsp3) is 0.500. The molecule has 0 saturated heterocycles. The molecule has 17 heavy (non-hydrogen) atoms. The zero-order valence-electron chi connectivity index (χ0n) is 12.1. The summed E-state index contributed by atoms with van der Waals surface area (Å²) in [6, 6.07) is 0. The molecule has 1 heteroatoms. The second-order valence-corrected chi connectivity index (χ2v) is 12.8. The molecule has 0 spiro atoms. The van der Waals surface area contributed by atoms with Crippen molar-refractivity contribution in [3.63, 3.8) is 0 Å². The van der Waals surface area contributed by atoms with Gasteiger partial charge in [0.15, 0.2) is 0 Å². The van der Waals surface area contributed by atoms with Crippen LogP contribution in [0.1, 0.15) is 40.5 Å².